The molecule has 1 rings (SSSR count). The molecular formula is C10H6F3I2NO3. The van der Waals surface area contributed by atoms with Crippen LogP contribution in [-0.4, -0.2) is 25.2 Å². The minimum absolute atomic E-state index is 0.0104. The number of alkyl halides is 3. The SMILES string of the molecule is COC(=O)c1cc(I)c(NC(=O)C(F)(F)F)c(I)c1. The summed E-state index contributed by atoms with van der Waals surface area (Å²) in [6.07, 6.45) is -4.97. The maximum Gasteiger partial charge on any atom is 0.471 e. The van der Waals surface area contributed by atoms with Crippen LogP contribution in [0.4, 0.5) is 18.9 Å². The second kappa shape index (κ2) is 6.24. The highest BCUT2D eigenvalue weighted by atomic mass is 127. The number of anilines is 1. The van der Waals surface area contributed by atoms with Gasteiger partial charge in [-0.25, -0.2) is 4.79 Å². The average molecular weight is 499 g/mol. The molecule has 0 radical (unpaired) electrons. The number of amides is 1. The van der Waals surface area contributed by atoms with E-state index in [1.807, 2.05) is 0 Å². The first kappa shape index (κ1) is 16.5. The van der Waals surface area contributed by atoms with Crippen molar-refractivity contribution in [2.75, 3.05) is 12.4 Å². The lowest BCUT2D eigenvalue weighted by Gasteiger charge is -2.12. The third-order valence-corrected chi connectivity index (χ3v) is 3.66. The highest BCUT2D eigenvalue weighted by Crippen LogP contribution is 2.28. The van der Waals surface area contributed by atoms with Gasteiger partial charge in [0.2, 0.25) is 0 Å². The van der Waals surface area contributed by atoms with E-state index in [1.54, 1.807) is 50.5 Å². The number of carbonyl (C=O) groups is 2. The van der Waals surface area contributed by atoms with E-state index in [0.717, 1.165) is 0 Å². The van der Waals surface area contributed by atoms with E-state index < -0.39 is 18.1 Å². The number of hydrogen-bond donors (Lipinski definition) is 1. The van der Waals surface area contributed by atoms with Crippen LogP contribution in [0.15, 0.2) is 12.1 Å². The molecule has 4 nitrogen and oxygen atoms in total. The molecule has 0 bridgehead atoms. The maximum atomic E-state index is 12.2. The van der Waals surface area contributed by atoms with Crippen molar-refractivity contribution in [3.05, 3.63) is 24.8 Å². The number of carbonyl (C=O) groups excluding carboxylic acids is 2. The minimum atomic E-state index is -4.97. The normalized spacial score (nSPS) is 11.1. The van der Waals surface area contributed by atoms with E-state index in [0.29, 0.717) is 7.14 Å². The van der Waals surface area contributed by atoms with Crippen molar-refractivity contribution in [1.29, 1.82) is 0 Å². The number of ether oxygens (including phenoxy) is 1. The van der Waals surface area contributed by atoms with Crippen molar-refractivity contribution in [1.82, 2.24) is 0 Å². The van der Waals surface area contributed by atoms with Gasteiger partial charge in [-0.05, 0) is 57.3 Å². The second-order valence-corrected chi connectivity index (χ2v) is 5.58. The van der Waals surface area contributed by atoms with Gasteiger partial charge >= 0.3 is 18.1 Å². The van der Waals surface area contributed by atoms with Crippen molar-refractivity contribution in [3.8, 4) is 0 Å². The number of hydrogen-bond acceptors (Lipinski definition) is 3. The monoisotopic (exact) mass is 499 g/mol. The molecule has 1 aromatic carbocycles. The fourth-order valence-corrected chi connectivity index (χ4v) is 3.15. The fourth-order valence-electron chi connectivity index (χ4n) is 1.11. The van der Waals surface area contributed by atoms with E-state index in [9.17, 15) is 22.8 Å². The Bertz CT molecular complexity index is 508. The standard InChI is InChI=1S/C10H6F3I2NO3/c1-19-8(17)4-2-5(14)7(6(15)3-4)16-9(18)10(11,12)13/h2-3H,1H3,(H,16,18). The van der Waals surface area contributed by atoms with Crippen molar-refractivity contribution in [2.45, 2.75) is 6.18 Å². The summed E-state index contributed by atoms with van der Waals surface area (Å²) >= 11 is 3.46. The van der Waals surface area contributed by atoms with E-state index in [4.69, 9.17) is 0 Å². The molecule has 0 atom stereocenters. The number of methoxy groups -OCH3 is 1. The average Bonchev–Trinajstić information content (AvgIpc) is 2.30. The van der Waals surface area contributed by atoms with Crippen LogP contribution in [0.1, 0.15) is 10.4 Å². The molecule has 0 saturated heterocycles. The van der Waals surface area contributed by atoms with Crippen molar-refractivity contribution >= 4 is 62.7 Å². The summed E-state index contributed by atoms with van der Waals surface area (Å²) in [5.41, 5.74) is 0.206. The smallest absolute Gasteiger partial charge is 0.465 e. The molecule has 1 aromatic rings. The third-order valence-electron chi connectivity index (χ3n) is 1.96. The van der Waals surface area contributed by atoms with E-state index in [-0.39, 0.29) is 11.3 Å². The lowest BCUT2D eigenvalue weighted by Crippen LogP contribution is -2.30. The Morgan fingerprint density at radius 2 is 1.68 bits per heavy atom. The van der Waals surface area contributed by atoms with Crippen LogP contribution in [0.3, 0.4) is 0 Å². The van der Waals surface area contributed by atoms with Gasteiger partial charge < -0.3 is 10.1 Å². The molecule has 0 unspecified atom stereocenters. The van der Waals surface area contributed by atoms with Crippen LogP contribution in [-0.2, 0) is 9.53 Å². The summed E-state index contributed by atoms with van der Waals surface area (Å²) in [6, 6.07) is 2.67. The van der Waals surface area contributed by atoms with Crippen LogP contribution in [0.5, 0.6) is 0 Å². The van der Waals surface area contributed by atoms with Crippen LogP contribution in [0.25, 0.3) is 0 Å². The van der Waals surface area contributed by atoms with Gasteiger partial charge in [0, 0.05) is 7.14 Å². The first-order chi connectivity index (χ1) is 8.66. The first-order valence-corrected chi connectivity index (χ1v) is 6.78. The van der Waals surface area contributed by atoms with E-state index in [2.05, 4.69) is 4.74 Å². The highest BCUT2D eigenvalue weighted by Gasteiger charge is 2.39. The van der Waals surface area contributed by atoms with E-state index in [1.165, 1.54) is 19.2 Å². The van der Waals surface area contributed by atoms with Crippen LogP contribution in [0.2, 0.25) is 0 Å². The topological polar surface area (TPSA) is 55.4 Å². The molecule has 0 aromatic heterocycles. The summed E-state index contributed by atoms with van der Waals surface area (Å²) < 4.78 is 41.6. The highest BCUT2D eigenvalue weighted by molar-refractivity contribution is 14.1. The van der Waals surface area contributed by atoms with Crippen LogP contribution in [0, 0.1) is 7.14 Å². The van der Waals surface area contributed by atoms with Gasteiger partial charge in [-0.1, -0.05) is 0 Å². The van der Waals surface area contributed by atoms with Crippen molar-refractivity contribution in [2.24, 2.45) is 0 Å². The molecule has 9 heteroatoms. The number of esters is 1. The predicted molar refractivity (Wildman–Crippen MR) is 77.9 cm³/mol. The van der Waals surface area contributed by atoms with E-state index >= 15 is 0 Å². The lowest BCUT2D eigenvalue weighted by atomic mass is 10.2. The van der Waals surface area contributed by atoms with Gasteiger partial charge in [-0.3, -0.25) is 4.79 Å². The Balaban J connectivity index is 3.11. The number of halogens is 5. The van der Waals surface area contributed by atoms with Gasteiger partial charge in [-0.15, -0.1) is 0 Å². The second-order valence-electron chi connectivity index (χ2n) is 3.26. The predicted octanol–water partition coefficient (Wildman–Crippen LogP) is 3.18. The zero-order valence-corrected chi connectivity index (χ0v) is 13.6. The molecule has 0 aliphatic heterocycles. The zero-order chi connectivity index (χ0) is 14.8. The number of benzene rings is 1. The lowest BCUT2D eigenvalue weighted by molar-refractivity contribution is -0.167. The summed E-state index contributed by atoms with van der Waals surface area (Å²) in [7, 11) is 1.20. The van der Waals surface area contributed by atoms with Gasteiger partial charge in [-0.2, -0.15) is 13.2 Å². The summed E-state index contributed by atoms with van der Waals surface area (Å²) in [6.45, 7) is 0. The van der Waals surface area contributed by atoms with Crippen molar-refractivity contribution in [3.63, 3.8) is 0 Å². The Morgan fingerprint density at radius 3 is 2.05 bits per heavy atom. The largest absolute Gasteiger partial charge is 0.471 e. The Morgan fingerprint density at radius 1 is 1.21 bits per heavy atom. The van der Waals surface area contributed by atoms with Gasteiger partial charge in [0.15, 0.2) is 0 Å². The molecule has 0 fully saturated rings. The number of nitrogens with one attached hydrogen (secondary N) is 1. The molecule has 1 amide bonds. The fraction of sp³-hybridized carbons (Fsp3) is 0.200. The quantitative estimate of drug-likeness (QED) is 0.503. The maximum absolute atomic E-state index is 12.2. The molecule has 0 heterocycles. The van der Waals surface area contributed by atoms with Gasteiger partial charge in [0.1, 0.15) is 0 Å². The molecule has 104 valence electrons. The molecular weight excluding hydrogens is 493 g/mol. The van der Waals surface area contributed by atoms with Gasteiger partial charge in [0.25, 0.3) is 0 Å². The Hall–Kier alpha value is -0.590. The molecule has 0 saturated carbocycles. The van der Waals surface area contributed by atoms with Crippen molar-refractivity contribution < 1.29 is 27.5 Å². The zero-order valence-electron chi connectivity index (χ0n) is 9.27. The molecule has 19 heavy (non-hydrogen) atoms. The summed E-state index contributed by atoms with van der Waals surface area (Å²) in [5, 5.41) is 1.77. The molecule has 0 aliphatic carbocycles. The molecule has 1 N–H and O–H groups in total. The summed E-state index contributed by atoms with van der Waals surface area (Å²) in [5.74, 6) is -2.67. The van der Waals surface area contributed by atoms with Crippen LogP contribution < -0.4 is 5.32 Å². The number of rotatable bonds is 2. The van der Waals surface area contributed by atoms with Crippen LogP contribution >= 0.6 is 45.2 Å². The molecule has 0 aliphatic rings. The molecule has 0 spiro atoms. The van der Waals surface area contributed by atoms with Gasteiger partial charge in [0.05, 0.1) is 18.4 Å². The minimum Gasteiger partial charge on any atom is -0.465 e. The Labute approximate surface area is 133 Å². The Kier molecular flexibility index (Phi) is 5.41. The summed E-state index contributed by atoms with van der Waals surface area (Å²) in [4.78, 5) is 22.2. The third kappa shape index (κ3) is 4.19. The first-order valence-electron chi connectivity index (χ1n) is 4.62.